The molecule has 1 heterocycles. The Morgan fingerprint density at radius 2 is 1.83 bits per heavy atom. The van der Waals surface area contributed by atoms with E-state index in [1.807, 2.05) is 24.3 Å². The predicted octanol–water partition coefficient (Wildman–Crippen LogP) is 2.52. The molecule has 1 aromatic heterocycles. The maximum atomic E-state index is 11.5. The average Bonchev–Trinajstić information content (AvgIpc) is 2.37. The fraction of sp³-hybridized carbons (Fsp3) is 0. The molecular weight excluding hydrogens is 230 g/mol. The zero-order chi connectivity index (χ0) is 12.7. The average molecular weight is 237 g/mol. The minimum absolute atomic E-state index is 0.273. The van der Waals surface area contributed by atoms with Gasteiger partial charge in [0.2, 0.25) is 0 Å². The van der Waals surface area contributed by atoms with E-state index in [2.05, 4.69) is 0 Å². The van der Waals surface area contributed by atoms with Crippen molar-refractivity contribution in [1.82, 2.24) is 0 Å². The van der Waals surface area contributed by atoms with E-state index in [4.69, 9.17) is 9.68 Å². The van der Waals surface area contributed by atoms with Crippen LogP contribution in [0, 0.1) is 11.3 Å². The number of nitriles is 1. The number of benzene rings is 2. The lowest BCUT2D eigenvalue weighted by Crippen LogP contribution is -2.04. The number of rotatable bonds is 0. The summed E-state index contributed by atoms with van der Waals surface area (Å²) in [6.45, 7) is 0. The zero-order valence-corrected chi connectivity index (χ0v) is 9.18. The predicted molar refractivity (Wildman–Crippen MR) is 66.4 cm³/mol. The summed E-state index contributed by atoms with van der Waals surface area (Å²) in [5.74, 6) is -0.325. The number of aromatic hydroxyl groups is 1. The van der Waals surface area contributed by atoms with Gasteiger partial charge in [-0.1, -0.05) is 24.3 Å². The molecule has 18 heavy (non-hydrogen) atoms. The first kappa shape index (κ1) is 10.4. The van der Waals surface area contributed by atoms with Crippen molar-refractivity contribution in [2.24, 2.45) is 0 Å². The molecule has 1 N–H and O–H groups in total. The Labute approximate surface area is 101 Å². The molecule has 0 saturated carbocycles. The Hall–Kier alpha value is -2.80. The monoisotopic (exact) mass is 237 g/mol. The summed E-state index contributed by atoms with van der Waals surface area (Å²) >= 11 is 0. The van der Waals surface area contributed by atoms with Crippen LogP contribution < -0.4 is 5.63 Å². The molecule has 0 spiro atoms. The van der Waals surface area contributed by atoms with E-state index >= 15 is 0 Å². The lowest BCUT2D eigenvalue weighted by molar-refractivity contribution is 0.465. The van der Waals surface area contributed by atoms with Gasteiger partial charge >= 0.3 is 5.63 Å². The molecule has 0 saturated heterocycles. The van der Waals surface area contributed by atoms with Gasteiger partial charge in [-0.15, -0.1) is 0 Å². The van der Waals surface area contributed by atoms with Crippen LogP contribution >= 0.6 is 0 Å². The summed E-state index contributed by atoms with van der Waals surface area (Å²) in [7, 11) is 0. The zero-order valence-electron chi connectivity index (χ0n) is 9.18. The maximum Gasteiger partial charge on any atom is 0.358 e. The molecule has 0 bridgehead atoms. The molecule has 0 fully saturated rings. The SMILES string of the molecule is N#Cc1c(O)c2cc3ccccc3cc2oc1=O. The Kier molecular flexibility index (Phi) is 2.07. The molecule has 2 aromatic carbocycles. The van der Waals surface area contributed by atoms with Crippen LogP contribution in [0.1, 0.15) is 5.56 Å². The first-order chi connectivity index (χ1) is 8.70. The molecular formula is C14H7NO3. The Balaban J connectivity index is 2.56. The molecule has 0 radical (unpaired) electrons. The van der Waals surface area contributed by atoms with Crippen molar-refractivity contribution in [3.63, 3.8) is 0 Å². The van der Waals surface area contributed by atoms with Gasteiger partial charge in [-0.3, -0.25) is 0 Å². The second-order valence-corrected chi connectivity index (χ2v) is 3.92. The van der Waals surface area contributed by atoms with E-state index in [0.717, 1.165) is 10.8 Å². The number of hydrogen-bond acceptors (Lipinski definition) is 4. The third-order valence-electron chi connectivity index (χ3n) is 2.86. The van der Waals surface area contributed by atoms with Gasteiger partial charge in [-0.05, 0) is 22.9 Å². The van der Waals surface area contributed by atoms with Crippen molar-refractivity contribution in [3.05, 3.63) is 52.4 Å². The second kappa shape index (κ2) is 3.60. The third kappa shape index (κ3) is 1.35. The Bertz CT molecular complexity index is 872. The van der Waals surface area contributed by atoms with Gasteiger partial charge in [-0.25, -0.2) is 4.79 Å². The van der Waals surface area contributed by atoms with Crippen LogP contribution in [0.3, 0.4) is 0 Å². The Morgan fingerprint density at radius 1 is 1.17 bits per heavy atom. The fourth-order valence-corrected chi connectivity index (χ4v) is 1.97. The van der Waals surface area contributed by atoms with Gasteiger partial charge in [-0.2, -0.15) is 5.26 Å². The largest absolute Gasteiger partial charge is 0.506 e. The quantitative estimate of drug-likeness (QED) is 0.481. The van der Waals surface area contributed by atoms with Crippen molar-refractivity contribution in [2.45, 2.75) is 0 Å². The Morgan fingerprint density at radius 3 is 2.50 bits per heavy atom. The topological polar surface area (TPSA) is 74.2 Å². The van der Waals surface area contributed by atoms with E-state index in [1.165, 1.54) is 0 Å². The second-order valence-electron chi connectivity index (χ2n) is 3.92. The highest BCUT2D eigenvalue weighted by atomic mass is 16.4. The minimum atomic E-state index is -0.821. The molecule has 3 rings (SSSR count). The van der Waals surface area contributed by atoms with Crippen LogP contribution in [0.15, 0.2) is 45.6 Å². The molecule has 0 atom stereocenters. The van der Waals surface area contributed by atoms with E-state index < -0.39 is 5.63 Å². The van der Waals surface area contributed by atoms with Gasteiger partial charge < -0.3 is 9.52 Å². The van der Waals surface area contributed by atoms with Gasteiger partial charge in [0, 0.05) is 0 Å². The number of fused-ring (bicyclic) bond motifs is 2. The number of nitrogens with zero attached hydrogens (tertiary/aromatic N) is 1. The van der Waals surface area contributed by atoms with Gasteiger partial charge in [0.05, 0.1) is 5.39 Å². The van der Waals surface area contributed by atoms with E-state index in [1.54, 1.807) is 18.2 Å². The smallest absolute Gasteiger partial charge is 0.358 e. The molecule has 4 heteroatoms. The molecule has 86 valence electrons. The van der Waals surface area contributed by atoms with Crippen LogP contribution in [-0.2, 0) is 0 Å². The molecule has 0 unspecified atom stereocenters. The molecule has 0 aliphatic heterocycles. The van der Waals surface area contributed by atoms with Crippen LogP contribution in [-0.4, -0.2) is 5.11 Å². The van der Waals surface area contributed by atoms with Crippen molar-refractivity contribution in [1.29, 1.82) is 5.26 Å². The summed E-state index contributed by atoms with van der Waals surface area (Å²) in [5.41, 5.74) is -0.911. The summed E-state index contributed by atoms with van der Waals surface area (Å²) in [4.78, 5) is 11.5. The van der Waals surface area contributed by atoms with E-state index in [9.17, 15) is 9.90 Å². The normalized spacial score (nSPS) is 10.6. The molecule has 0 aliphatic carbocycles. The minimum Gasteiger partial charge on any atom is -0.506 e. The van der Waals surface area contributed by atoms with E-state index in [-0.39, 0.29) is 16.9 Å². The first-order valence-corrected chi connectivity index (χ1v) is 5.29. The van der Waals surface area contributed by atoms with Gasteiger partial charge in [0.25, 0.3) is 0 Å². The van der Waals surface area contributed by atoms with Crippen LogP contribution in [0.2, 0.25) is 0 Å². The summed E-state index contributed by atoms with van der Waals surface area (Å²) in [6, 6.07) is 12.5. The molecule has 0 aliphatic rings. The fourth-order valence-electron chi connectivity index (χ4n) is 1.97. The van der Waals surface area contributed by atoms with Crippen molar-refractivity contribution in [3.8, 4) is 11.8 Å². The lowest BCUT2D eigenvalue weighted by Gasteiger charge is -2.03. The highest BCUT2D eigenvalue weighted by molar-refractivity contribution is 5.98. The standard InChI is InChI=1S/C14H7NO3/c15-7-11-13(16)10-5-8-3-1-2-4-9(8)6-12(10)18-14(11)17/h1-6,16H. The first-order valence-electron chi connectivity index (χ1n) is 5.29. The lowest BCUT2D eigenvalue weighted by atomic mass is 10.1. The van der Waals surface area contributed by atoms with E-state index in [0.29, 0.717) is 5.39 Å². The number of hydrogen-bond donors (Lipinski definition) is 1. The van der Waals surface area contributed by atoms with Gasteiger partial charge in [0.1, 0.15) is 11.7 Å². The molecule has 3 aromatic rings. The third-order valence-corrected chi connectivity index (χ3v) is 2.86. The summed E-state index contributed by atoms with van der Waals surface area (Å²) < 4.78 is 5.03. The summed E-state index contributed by atoms with van der Waals surface area (Å²) in [6.07, 6.45) is 0. The summed E-state index contributed by atoms with van der Waals surface area (Å²) in [5, 5.41) is 20.9. The van der Waals surface area contributed by atoms with Gasteiger partial charge in [0.15, 0.2) is 11.3 Å². The van der Waals surface area contributed by atoms with Crippen LogP contribution in [0.5, 0.6) is 5.75 Å². The highest BCUT2D eigenvalue weighted by Crippen LogP contribution is 2.29. The van der Waals surface area contributed by atoms with Crippen molar-refractivity contribution in [2.75, 3.05) is 0 Å². The molecule has 4 nitrogen and oxygen atoms in total. The van der Waals surface area contributed by atoms with Crippen LogP contribution in [0.25, 0.3) is 21.7 Å². The highest BCUT2D eigenvalue weighted by Gasteiger charge is 2.13. The molecule has 0 amide bonds. The van der Waals surface area contributed by atoms with Crippen molar-refractivity contribution < 1.29 is 9.52 Å². The van der Waals surface area contributed by atoms with Crippen LogP contribution in [0.4, 0.5) is 0 Å². The van der Waals surface area contributed by atoms with Crippen molar-refractivity contribution >= 4 is 21.7 Å². The maximum absolute atomic E-state index is 11.5.